The van der Waals surface area contributed by atoms with E-state index in [0.29, 0.717) is 0 Å². The Morgan fingerprint density at radius 2 is 2.00 bits per heavy atom. The molecule has 0 aliphatic rings. The average Bonchev–Trinajstić information content (AvgIpc) is 1.60. The average molecular weight is 166 g/mol. The van der Waals surface area contributed by atoms with Crippen LogP contribution in [-0.2, 0) is 14.6 Å². The molecule has 0 saturated carbocycles. The van der Waals surface area contributed by atoms with Gasteiger partial charge in [-0.05, 0) is 6.92 Å². The number of rotatable bonds is 3. The summed E-state index contributed by atoms with van der Waals surface area (Å²) in [6.07, 6.45) is 0.708. The number of aliphatic carboxylic acids is 1. The van der Waals surface area contributed by atoms with Gasteiger partial charge >= 0.3 is 5.97 Å². The standard InChI is InChI=1S/C5H10O4S/c1-4(3-5(6)7)10(2,8)9/h4H,3H2,1-2H3,(H,6,7). The van der Waals surface area contributed by atoms with Crippen LogP contribution >= 0.6 is 0 Å². The van der Waals surface area contributed by atoms with Gasteiger partial charge in [-0.2, -0.15) is 0 Å². The lowest BCUT2D eigenvalue weighted by Gasteiger charge is -2.03. The van der Waals surface area contributed by atoms with Crippen LogP contribution in [0.15, 0.2) is 0 Å². The predicted octanol–water partition coefficient (Wildman–Crippen LogP) is -0.106. The topological polar surface area (TPSA) is 71.4 Å². The SMILES string of the molecule is CC(CC(=O)O)S(C)(=O)=O. The Bertz CT molecular complexity index is 216. The maximum atomic E-state index is 10.6. The van der Waals surface area contributed by atoms with Gasteiger partial charge in [0.2, 0.25) is 0 Å². The van der Waals surface area contributed by atoms with Crippen LogP contribution in [0, 0.1) is 0 Å². The second kappa shape index (κ2) is 3.01. The van der Waals surface area contributed by atoms with Crippen molar-refractivity contribution in [2.24, 2.45) is 0 Å². The lowest BCUT2D eigenvalue weighted by atomic mass is 10.3. The second-order valence-corrected chi connectivity index (χ2v) is 4.70. The van der Waals surface area contributed by atoms with Gasteiger partial charge in [-0.3, -0.25) is 4.79 Å². The Kier molecular flexibility index (Phi) is 2.83. The van der Waals surface area contributed by atoms with Crippen LogP contribution < -0.4 is 0 Å². The third kappa shape index (κ3) is 3.45. The maximum absolute atomic E-state index is 10.6. The molecule has 0 aliphatic heterocycles. The summed E-state index contributed by atoms with van der Waals surface area (Å²) in [4.78, 5) is 9.99. The van der Waals surface area contributed by atoms with Crippen molar-refractivity contribution in [1.29, 1.82) is 0 Å². The lowest BCUT2D eigenvalue weighted by Crippen LogP contribution is -2.19. The van der Waals surface area contributed by atoms with Crippen LogP contribution in [0.1, 0.15) is 13.3 Å². The Morgan fingerprint density at radius 1 is 1.60 bits per heavy atom. The smallest absolute Gasteiger partial charge is 0.304 e. The molecule has 60 valence electrons. The molecule has 0 radical (unpaired) electrons. The fourth-order valence-corrected chi connectivity index (χ4v) is 0.843. The van der Waals surface area contributed by atoms with Crippen molar-refractivity contribution in [2.45, 2.75) is 18.6 Å². The van der Waals surface area contributed by atoms with E-state index in [1.54, 1.807) is 0 Å². The third-order valence-corrected chi connectivity index (χ3v) is 2.82. The van der Waals surface area contributed by atoms with Gasteiger partial charge in [0, 0.05) is 6.26 Å². The Morgan fingerprint density at radius 3 is 2.10 bits per heavy atom. The summed E-state index contributed by atoms with van der Waals surface area (Å²) in [5.74, 6) is -1.09. The van der Waals surface area contributed by atoms with E-state index in [1.807, 2.05) is 0 Å². The van der Waals surface area contributed by atoms with Crippen LogP contribution in [0.25, 0.3) is 0 Å². The summed E-state index contributed by atoms with van der Waals surface area (Å²) in [5.41, 5.74) is 0. The largest absolute Gasteiger partial charge is 0.481 e. The van der Waals surface area contributed by atoms with Crippen molar-refractivity contribution < 1.29 is 18.3 Å². The highest BCUT2D eigenvalue weighted by molar-refractivity contribution is 7.91. The van der Waals surface area contributed by atoms with Crippen molar-refractivity contribution in [1.82, 2.24) is 0 Å². The molecule has 4 nitrogen and oxygen atoms in total. The summed E-state index contributed by atoms with van der Waals surface area (Å²) in [5, 5.41) is 7.40. The van der Waals surface area contributed by atoms with Gasteiger partial charge in [0.05, 0.1) is 11.7 Å². The van der Waals surface area contributed by atoms with Gasteiger partial charge in [-0.25, -0.2) is 8.42 Å². The van der Waals surface area contributed by atoms with E-state index < -0.39 is 21.1 Å². The molecule has 0 bridgehead atoms. The summed E-state index contributed by atoms with van der Waals surface area (Å²) in [6.45, 7) is 1.38. The Labute approximate surface area is 59.8 Å². The molecule has 0 spiro atoms. The molecular weight excluding hydrogens is 156 g/mol. The van der Waals surface area contributed by atoms with Crippen molar-refractivity contribution in [3.8, 4) is 0 Å². The number of carboxylic acid groups (broad SMARTS) is 1. The minimum atomic E-state index is -3.18. The highest BCUT2D eigenvalue weighted by Gasteiger charge is 2.17. The zero-order valence-corrected chi connectivity index (χ0v) is 6.68. The molecule has 0 fully saturated rings. The molecule has 0 aliphatic carbocycles. The molecule has 0 aromatic rings. The monoisotopic (exact) mass is 166 g/mol. The van der Waals surface area contributed by atoms with Crippen molar-refractivity contribution >= 4 is 15.8 Å². The number of hydrogen-bond donors (Lipinski definition) is 1. The highest BCUT2D eigenvalue weighted by atomic mass is 32.2. The van der Waals surface area contributed by atoms with Gasteiger partial charge in [0.25, 0.3) is 0 Å². The first-order chi connectivity index (χ1) is 4.34. The number of carboxylic acids is 1. The van der Waals surface area contributed by atoms with Crippen LogP contribution in [0.3, 0.4) is 0 Å². The zero-order chi connectivity index (χ0) is 8.36. The van der Waals surface area contributed by atoms with E-state index in [0.717, 1.165) is 6.26 Å². The maximum Gasteiger partial charge on any atom is 0.304 e. The van der Waals surface area contributed by atoms with Crippen molar-refractivity contribution in [2.75, 3.05) is 6.26 Å². The van der Waals surface area contributed by atoms with Gasteiger partial charge in [-0.1, -0.05) is 0 Å². The van der Waals surface area contributed by atoms with E-state index in [1.165, 1.54) is 6.92 Å². The minimum Gasteiger partial charge on any atom is -0.481 e. The van der Waals surface area contributed by atoms with Crippen molar-refractivity contribution in [3.05, 3.63) is 0 Å². The van der Waals surface area contributed by atoms with E-state index in [9.17, 15) is 13.2 Å². The molecular formula is C5H10O4S. The van der Waals surface area contributed by atoms with E-state index in [4.69, 9.17) is 5.11 Å². The summed E-state index contributed by atoms with van der Waals surface area (Å²) >= 11 is 0. The molecule has 1 unspecified atom stereocenters. The molecule has 10 heavy (non-hydrogen) atoms. The van der Waals surface area contributed by atoms with E-state index >= 15 is 0 Å². The summed E-state index contributed by atoms with van der Waals surface area (Å²) in [7, 11) is -3.18. The highest BCUT2D eigenvalue weighted by Crippen LogP contribution is 2.02. The van der Waals surface area contributed by atoms with E-state index in [2.05, 4.69) is 0 Å². The van der Waals surface area contributed by atoms with Crippen LogP contribution in [0.5, 0.6) is 0 Å². The first-order valence-corrected chi connectivity index (χ1v) is 4.70. The zero-order valence-electron chi connectivity index (χ0n) is 5.86. The molecule has 0 heterocycles. The first kappa shape index (κ1) is 9.42. The van der Waals surface area contributed by atoms with Crippen molar-refractivity contribution in [3.63, 3.8) is 0 Å². The molecule has 0 aromatic carbocycles. The first-order valence-electron chi connectivity index (χ1n) is 2.74. The molecule has 0 saturated heterocycles. The predicted molar refractivity (Wildman–Crippen MR) is 36.6 cm³/mol. The third-order valence-electron chi connectivity index (χ3n) is 1.19. The molecule has 0 amide bonds. The number of hydrogen-bond acceptors (Lipinski definition) is 3. The quantitative estimate of drug-likeness (QED) is 0.635. The van der Waals surface area contributed by atoms with Crippen LogP contribution in [0.2, 0.25) is 0 Å². The molecule has 0 aromatic heterocycles. The fraction of sp³-hybridized carbons (Fsp3) is 0.800. The minimum absolute atomic E-state index is 0.321. The molecule has 0 rings (SSSR count). The second-order valence-electron chi connectivity index (χ2n) is 2.24. The Hall–Kier alpha value is -0.580. The molecule has 5 heteroatoms. The normalized spacial score (nSPS) is 14.6. The molecule has 1 atom stereocenters. The van der Waals surface area contributed by atoms with Crippen LogP contribution in [-0.4, -0.2) is 31.0 Å². The van der Waals surface area contributed by atoms with Gasteiger partial charge in [0.1, 0.15) is 0 Å². The fourth-order valence-electron chi connectivity index (χ4n) is 0.397. The van der Waals surface area contributed by atoms with Gasteiger partial charge < -0.3 is 5.11 Å². The van der Waals surface area contributed by atoms with Gasteiger partial charge in [0.15, 0.2) is 9.84 Å². The van der Waals surface area contributed by atoms with E-state index in [-0.39, 0.29) is 6.42 Å². The summed E-state index contributed by atoms with van der Waals surface area (Å²) < 4.78 is 21.2. The van der Waals surface area contributed by atoms with Crippen LogP contribution in [0.4, 0.5) is 0 Å². The number of sulfone groups is 1. The Balaban J connectivity index is 4.12. The molecule has 1 N–H and O–H groups in total. The van der Waals surface area contributed by atoms with Gasteiger partial charge in [-0.15, -0.1) is 0 Å². The number of carbonyl (C=O) groups is 1. The lowest BCUT2D eigenvalue weighted by molar-refractivity contribution is -0.136. The summed E-state index contributed by atoms with van der Waals surface area (Å²) in [6, 6.07) is 0.